The molecule has 0 spiro atoms. The predicted molar refractivity (Wildman–Crippen MR) is 77.6 cm³/mol. The number of Topliss-reactive ketones (excluding diaryl/α,β-unsaturated/α-hetero) is 1. The fraction of sp³-hybridized carbons (Fsp3) is 0.588. The van der Waals surface area contributed by atoms with Gasteiger partial charge in [-0.25, -0.2) is 0 Å². The number of rotatable bonds is 3. The lowest BCUT2D eigenvalue weighted by Gasteiger charge is -2.22. The van der Waals surface area contributed by atoms with Crippen LogP contribution in [0.5, 0.6) is 0 Å². The molecule has 0 atom stereocenters. The van der Waals surface area contributed by atoms with E-state index < -0.39 is 0 Å². The van der Waals surface area contributed by atoms with Crippen molar-refractivity contribution in [1.29, 1.82) is 0 Å². The molecule has 19 heavy (non-hydrogen) atoms. The van der Waals surface area contributed by atoms with Crippen molar-refractivity contribution < 1.29 is 9.53 Å². The van der Waals surface area contributed by atoms with Crippen molar-refractivity contribution in [3.63, 3.8) is 0 Å². The Labute approximate surface area is 116 Å². The van der Waals surface area contributed by atoms with Crippen LogP contribution >= 0.6 is 0 Å². The Morgan fingerprint density at radius 1 is 1.16 bits per heavy atom. The third-order valence-electron chi connectivity index (χ3n) is 3.89. The van der Waals surface area contributed by atoms with Gasteiger partial charge < -0.3 is 4.74 Å². The molecule has 2 rings (SSSR count). The summed E-state index contributed by atoms with van der Waals surface area (Å²) in [5.74, 6) is 0.774. The number of hydrogen-bond donors (Lipinski definition) is 0. The van der Waals surface area contributed by atoms with Crippen LogP contribution in [-0.2, 0) is 10.2 Å². The van der Waals surface area contributed by atoms with Gasteiger partial charge in [0.2, 0.25) is 0 Å². The van der Waals surface area contributed by atoms with E-state index in [2.05, 4.69) is 32.9 Å². The van der Waals surface area contributed by atoms with Crippen molar-refractivity contribution in [2.24, 2.45) is 5.92 Å². The predicted octanol–water partition coefficient (Wildman–Crippen LogP) is 3.98. The lowest BCUT2D eigenvalue weighted by Crippen LogP contribution is -2.19. The molecule has 1 aromatic rings. The van der Waals surface area contributed by atoms with E-state index in [1.54, 1.807) is 0 Å². The Bertz CT molecular complexity index is 420. The van der Waals surface area contributed by atoms with Crippen molar-refractivity contribution in [1.82, 2.24) is 0 Å². The Balaban J connectivity index is 1.99. The number of hydrogen-bond acceptors (Lipinski definition) is 2. The maximum absolute atomic E-state index is 12.2. The van der Waals surface area contributed by atoms with Gasteiger partial charge in [0.15, 0.2) is 5.78 Å². The van der Waals surface area contributed by atoms with Crippen molar-refractivity contribution in [2.75, 3.05) is 13.2 Å². The zero-order valence-corrected chi connectivity index (χ0v) is 12.2. The monoisotopic (exact) mass is 260 g/mol. The highest BCUT2D eigenvalue weighted by Gasteiger charge is 2.19. The zero-order chi connectivity index (χ0) is 13.9. The van der Waals surface area contributed by atoms with Gasteiger partial charge in [0.1, 0.15) is 0 Å². The van der Waals surface area contributed by atoms with E-state index >= 15 is 0 Å². The van der Waals surface area contributed by atoms with E-state index in [1.165, 1.54) is 5.56 Å². The first-order chi connectivity index (χ1) is 8.97. The van der Waals surface area contributed by atoms with Crippen LogP contribution in [0, 0.1) is 5.92 Å². The van der Waals surface area contributed by atoms with E-state index in [0.29, 0.717) is 12.3 Å². The third kappa shape index (κ3) is 3.90. The van der Waals surface area contributed by atoms with Crippen LogP contribution in [0.1, 0.15) is 56.0 Å². The number of carbonyl (C=O) groups excluding carboxylic acids is 1. The van der Waals surface area contributed by atoms with Crippen LogP contribution in [0.25, 0.3) is 0 Å². The summed E-state index contributed by atoms with van der Waals surface area (Å²) in [5.41, 5.74) is 2.26. The summed E-state index contributed by atoms with van der Waals surface area (Å²) in [6, 6.07) is 8.11. The molecule has 2 nitrogen and oxygen atoms in total. The molecule has 0 aliphatic carbocycles. The average molecular weight is 260 g/mol. The van der Waals surface area contributed by atoms with Crippen LogP contribution in [-0.4, -0.2) is 19.0 Å². The highest BCUT2D eigenvalue weighted by Crippen LogP contribution is 2.24. The van der Waals surface area contributed by atoms with E-state index in [1.807, 2.05) is 12.1 Å². The first-order valence-corrected chi connectivity index (χ1v) is 7.18. The van der Waals surface area contributed by atoms with E-state index in [-0.39, 0.29) is 11.2 Å². The van der Waals surface area contributed by atoms with Crippen molar-refractivity contribution in [2.45, 2.75) is 45.4 Å². The summed E-state index contributed by atoms with van der Waals surface area (Å²) in [4.78, 5) is 12.2. The number of ether oxygens (including phenoxy) is 1. The van der Waals surface area contributed by atoms with Gasteiger partial charge in [-0.3, -0.25) is 4.79 Å². The van der Waals surface area contributed by atoms with Crippen LogP contribution < -0.4 is 0 Å². The molecule has 0 unspecified atom stereocenters. The summed E-state index contributed by atoms with van der Waals surface area (Å²) in [6.45, 7) is 8.17. The Kier molecular flexibility index (Phi) is 4.41. The minimum absolute atomic E-state index is 0.141. The minimum Gasteiger partial charge on any atom is -0.381 e. The van der Waals surface area contributed by atoms with Gasteiger partial charge in [-0.05, 0) is 29.7 Å². The lowest BCUT2D eigenvalue weighted by atomic mass is 9.85. The standard InChI is InChI=1S/C17H24O2/c1-17(2,3)15-6-4-14(5-7-15)16(18)12-13-8-10-19-11-9-13/h4-7,13H,8-12H2,1-3H3. The summed E-state index contributed by atoms with van der Waals surface area (Å²) in [5, 5.41) is 0. The highest BCUT2D eigenvalue weighted by molar-refractivity contribution is 5.96. The topological polar surface area (TPSA) is 26.3 Å². The molecule has 104 valence electrons. The quantitative estimate of drug-likeness (QED) is 0.768. The molecule has 1 aromatic carbocycles. The normalized spacial score (nSPS) is 17.4. The SMILES string of the molecule is CC(C)(C)c1ccc(C(=O)CC2CCOCC2)cc1. The molecule has 2 heteroatoms. The lowest BCUT2D eigenvalue weighted by molar-refractivity contribution is 0.0601. The van der Waals surface area contributed by atoms with Crippen LogP contribution in [0.4, 0.5) is 0 Å². The second-order valence-electron chi connectivity index (χ2n) is 6.51. The van der Waals surface area contributed by atoms with Crippen LogP contribution in [0.3, 0.4) is 0 Å². The largest absolute Gasteiger partial charge is 0.381 e. The van der Waals surface area contributed by atoms with Gasteiger partial charge >= 0.3 is 0 Å². The van der Waals surface area contributed by atoms with Gasteiger partial charge in [0.05, 0.1) is 0 Å². The van der Waals surface area contributed by atoms with Gasteiger partial charge in [0, 0.05) is 25.2 Å². The highest BCUT2D eigenvalue weighted by atomic mass is 16.5. The number of benzene rings is 1. The molecular formula is C17H24O2. The Hall–Kier alpha value is -1.15. The second-order valence-corrected chi connectivity index (χ2v) is 6.51. The van der Waals surface area contributed by atoms with Crippen LogP contribution in [0.15, 0.2) is 24.3 Å². The molecule has 0 aromatic heterocycles. The molecule has 0 bridgehead atoms. The average Bonchev–Trinajstić information content (AvgIpc) is 2.39. The molecule has 0 amide bonds. The molecule has 0 radical (unpaired) electrons. The fourth-order valence-corrected chi connectivity index (χ4v) is 2.49. The molecule has 0 saturated carbocycles. The fourth-order valence-electron chi connectivity index (χ4n) is 2.49. The smallest absolute Gasteiger partial charge is 0.163 e. The Morgan fingerprint density at radius 3 is 2.26 bits per heavy atom. The second kappa shape index (κ2) is 5.87. The number of ketones is 1. The zero-order valence-electron chi connectivity index (χ0n) is 12.2. The first kappa shape index (κ1) is 14.3. The maximum atomic E-state index is 12.2. The molecule has 1 heterocycles. The van der Waals surface area contributed by atoms with Crippen LogP contribution in [0.2, 0.25) is 0 Å². The van der Waals surface area contributed by atoms with E-state index in [0.717, 1.165) is 31.6 Å². The molecule has 1 aliphatic heterocycles. The van der Waals surface area contributed by atoms with Crippen molar-refractivity contribution in [3.8, 4) is 0 Å². The molecular weight excluding hydrogens is 236 g/mol. The summed E-state index contributed by atoms with van der Waals surface area (Å²) >= 11 is 0. The molecule has 1 saturated heterocycles. The van der Waals surface area contributed by atoms with Gasteiger partial charge in [-0.1, -0.05) is 45.0 Å². The molecule has 1 aliphatic rings. The minimum atomic E-state index is 0.141. The molecule has 0 N–H and O–H groups in total. The van der Waals surface area contributed by atoms with Crippen molar-refractivity contribution in [3.05, 3.63) is 35.4 Å². The van der Waals surface area contributed by atoms with Crippen molar-refractivity contribution >= 4 is 5.78 Å². The number of carbonyl (C=O) groups is 1. The summed E-state index contributed by atoms with van der Waals surface area (Å²) in [6.07, 6.45) is 2.70. The third-order valence-corrected chi connectivity index (χ3v) is 3.89. The van der Waals surface area contributed by atoms with E-state index in [9.17, 15) is 4.79 Å². The first-order valence-electron chi connectivity index (χ1n) is 7.18. The summed E-state index contributed by atoms with van der Waals surface area (Å²) in [7, 11) is 0. The Morgan fingerprint density at radius 2 is 1.74 bits per heavy atom. The van der Waals surface area contributed by atoms with Gasteiger partial charge in [-0.15, -0.1) is 0 Å². The maximum Gasteiger partial charge on any atom is 0.163 e. The van der Waals surface area contributed by atoms with E-state index in [4.69, 9.17) is 4.74 Å². The van der Waals surface area contributed by atoms with Gasteiger partial charge in [-0.2, -0.15) is 0 Å². The van der Waals surface area contributed by atoms with Gasteiger partial charge in [0.25, 0.3) is 0 Å². The molecule has 1 fully saturated rings. The summed E-state index contributed by atoms with van der Waals surface area (Å²) < 4.78 is 5.33.